The van der Waals surface area contributed by atoms with E-state index in [2.05, 4.69) is 9.71 Å². The molecule has 6 nitrogen and oxygen atoms in total. The fourth-order valence-electron chi connectivity index (χ4n) is 1.31. The molecule has 0 radical (unpaired) electrons. The molecule has 1 rings (SSSR count). The van der Waals surface area contributed by atoms with Crippen molar-refractivity contribution in [3.05, 3.63) is 23.5 Å². The van der Waals surface area contributed by atoms with Gasteiger partial charge in [0, 0.05) is 6.20 Å². The van der Waals surface area contributed by atoms with Crippen molar-refractivity contribution in [2.24, 2.45) is 0 Å². The summed E-state index contributed by atoms with van der Waals surface area (Å²) in [5, 5.41) is -0.156. The highest BCUT2D eigenvalue weighted by Gasteiger charge is 2.27. The number of nitrogens with zero attached hydrogens (tertiary/aromatic N) is 1. The Morgan fingerprint density at radius 3 is 2.55 bits per heavy atom. The van der Waals surface area contributed by atoms with E-state index in [1.54, 1.807) is 20.8 Å². The molecule has 0 aliphatic carbocycles. The number of nitrogens with one attached hydrogen (secondary N) is 1. The average Bonchev–Trinajstić information content (AvgIpc) is 2.26. The minimum Gasteiger partial charge on any atom is -0.459 e. The smallest absolute Gasteiger partial charge is 0.324 e. The molecule has 0 saturated carbocycles. The first-order valence-electron chi connectivity index (χ1n) is 5.88. The van der Waals surface area contributed by atoms with E-state index in [-0.39, 0.29) is 10.0 Å². The van der Waals surface area contributed by atoms with Crippen molar-refractivity contribution in [2.45, 2.75) is 44.2 Å². The molecule has 0 aliphatic rings. The standard InChI is InChI=1S/C12H17ClN2O4S/c1-8(11(16)19-12(2,3)4)15-20(17,18)9-6-5-7-14-10(9)13/h5-8,15H,1-4H3/t8-/m1/s1. The van der Waals surface area contributed by atoms with Crippen LogP contribution in [0.5, 0.6) is 0 Å². The van der Waals surface area contributed by atoms with Crippen molar-refractivity contribution in [3.8, 4) is 0 Å². The second-order valence-electron chi connectivity index (χ2n) is 5.17. The normalized spacial score (nSPS) is 13.8. The molecule has 1 N–H and O–H groups in total. The Morgan fingerprint density at radius 1 is 1.45 bits per heavy atom. The highest BCUT2D eigenvalue weighted by atomic mass is 35.5. The molecule has 1 aromatic heterocycles. The summed E-state index contributed by atoms with van der Waals surface area (Å²) in [5.41, 5.74) is -0.692. The summed E-state index contributed by atoms with van der Waals surface area (Å²) in [4.78, 5) is 15.3. The van der Waals surface area contributed by atoms with Crippen LogP contribution < -0.4 is 4.72 Å². The number of halogens is 1. The van der Waals surface area contributed by atoms with Gasteiger partial charge in [0.2, 0.25) is 10.0 Å². The third kappa shape index (κ3) is 4.73. The van der Waals surface area contributed by atoms with Crippen LogP contribution in [0.4, 0.5) is 0 Å². The predicted molar refractivity (Wildman–Crippen MR) is 74.9 cm³/mol. The first kappa shape index (κ1) is 16.9. The van der Waals surface area contributed by atoms with Crippen LogP contribution in [0.15, 0.2) is 23.2 Å². The SMILES string of the molecule is C[C@@H](NS(=O)(=O)c1cccnc1Cl)C(=O)OC(C)(C)C. The van der Waals surface area contributed by atoms with Crippen molar-refractivity contribution >= 4 is 27.6 Å². The van der Waals surface area contributed by atoms with Gasteiger partial charge >= 0.3 is 5.97 Å². The zero-order chi connectivity index (χ0) is 15.6. The summed E-state index contributed by atoms with van der Waals surface area (Å²) >= 11 is 5.73. The molecule has 112 valence electrons. The molecule has 0 aliphatic heterocycles. The average molecular weight is 321 g/mol. The quantitative estimate of drug-likeness (QED) is 0.674. The van der Waals surface area contributed by atoms with E-state index in [1.165, 1.54) is 25.3 Å². The van der Waals surface area contributed by atoms with Gasteiger partial charge in [0.25, 0.3) is 0 Å². The van der Waals surface area contributed by atoms with E-state index in [0.29, 0.717) is 0 Å². The lowest BCUT2D eigenvalue weighted by molar-refractivity contribution is -0.156. The number of pyridine rings is 1. The fourth-order valence-corrected chi connectivity index (χ4v) is 2.95. The first-order chi connectivity index (χ1) is 9.03. The molecule has 0 amide bonds. The van der Waals surface area contributed by atoms with E-state index in [0.717, 1.165) is 0 Å². The molecular formula is C12H17ClN2O4S. The number of sulfonamides is 1. The number of rotatable bonds is 4. The topological polar surface area (TPSA) is 85.4 Å². The van der Waals surface area contributed by atoms with Gasteiger partial charge in [0.15, 0.2) is 0 Å². The summed E-state index contributed by atoms with van der Waals surface area (Å²) < 4.78 is 31.5. The molecule has 0 aromatic carbocycles. The molecule has 20 heavy (non-hydrogen) atoms. The van der Waals surface area contributed by atoms with Gasteiger partial charge < -0.3 is 4.74 Å². The van der Waals surface area contributed by atoms with Crippen LogP contribution in [0, 0.1) is 0 Å². The summed E-state index contributed by atoms with van der Waals surface area (Å²) in [6.07, 6.45) is 1.37. The van der Waals surface area contributed by atoms with Gasteiger partial charge in [-0.1, -0.05) is 11.6 Å². The maximum Gasteiger partial charge on any atom is 0.324 e. The Kier molecular flexibility index (Phi) is 5.12. The largest absolute Gasteiger partial charge is 0.459 e. The number of esters is 1. The monoisotopic (exact) mass is 320 g/mol. The maximum atomic E-state index is 12.1. The van der Waals surface area contributed by atoms with Gasteiger partial charge in [-0.15, -0.1) is 0 Å². The number of carbonyl (C=O) groups excluding carboxylic acids is 1. The molecule has 1 atom stereocenters. The zero-order valence-corrected chi connectivity index (χ0v) is 13.2. The number of hydrogen-bond donors (Lipinski definition) is 1. The van der Waals surface area contributed by atoms with Gasteiger partial charge in [0.05, 0.1) is 0 Å². The molecule has 0 spiro atoms. The Hall–Kier alpha value is -1.18. The Labute approximate surface area is 123 Å². The Bertz CT molecular complexity index is 596. The van der Waals surface area contributed by atoms with E-state index in [1.807, 2.05) is 0 Å². The summed E-state index contributed by atoms with van der Waals surface area (Å²) in [6.45, 7) is 6.49. The van der Waals surface area contributed by atoms with Crippen LogP contribution in [-0.2, 0) is 19.6 Å². The lowest BCUT2D eigenvalue weighted by Crippen LogP contribution is -2.42. The van der Waals surface area contributed by atoms with E-state index >= 15 is 0 Å². The van der Waals surface area contributed by atoms with E-state index in [4.69, 9.17) is 16.3 Å². The highest BCUT2D eigenvalue weighted by molar-refractivity contribution is 7.89. The number of hydrogen-bond acceptors (Lipinski definition) is 5. The zero-order valence-electron chi connectivity index (χ0n) is 11.7. The van der Waals surface area contributed by atoms with Gasteiger partial charge in [-0.3, -0.25) is 4.79 Å². The second-order valence-corrected chi connectivity index (χ2v) is 7.21. The number of ether oxygens (including phenoxy) is 1. The first-order valence-corrected chi connectivity index (χ1v) is 7.75. The fraction of sp³-hybridized carbons (Fsp3) is 0.500. The van der Waals surface area contributed by atoms with Crippen molar-refractivity contribution < 1.29 is 17.9 Å². The van der Waals surface area contributed by atoms with E-state index in [9.17, 15) is 13.2 Å². The molecule has 1 heterocycles. The van der Waals surface area contributed by atoms with Crippen LogP contribution in [-0.4, -0.2) is 31.0 Å². The van der Waals surface area contributed by atoms with Crippen LogP contribution in [0.3, 0.4) is 0 Å². The van der Waals surface area contributed by atoms with Gasteiger partial charge in [-0.05, 0) is 39.8 Å². The van der Waals surface area contributed by atoms with Crippen LogP contribution >= 0.6 is 11.6 Å². The molecule has 0 unspecified atom stereocenters. The van der Waals surface area contributed by atoms with Gasteiger partial charge in [-0.2, -0.15) is 4.72 Å². The molecule has 0 saturated heterocycles. The Balaban J connectivity index is 2.87. The summed E-state index contributed by atoms with van der Waals surface area (Å²) in [6, 6.07) is 1.72. The summed E-state index contributed by atoms with van der Waals surface area (Å²) in [7, 11) is -3.94. The van der Waals surface area contributed by atoms with Crippen LogP contribution in [0.25, 0.3) is 0 Å². The lowest BCUT2D eigenvalue weighted by Gasteiger charge is -2.22. The minimum atomic E-state index is -3.94. The van der Waals surface area contributed by atoms with Crippen LogP contribution in [0.2, 0.25) is 5.15 Å². The van der Waals surface area contributed by atoms with Crippen molar-refractivity contribution in [1.29, 1.82) is 0 Å². The van der Waals surface area contributed by atoms with E-state index < -0.39 is 27.6 Å². The Morgan fingerprint density at radius 2 is 2.05 bits per heavy atom. The predicted octanol–water partition coefficient (Wildman–Crippen LogP) is 1.74. The van der Waals surface area contributed by atoms with Gasteiger partial charge in [-0.25, -0.2) is 13.4 Å². The third-order valence-corrected chi connectivity index (χ3v) is 4.09. The molecule has 8 heteroatoms. The van der Waals surface area contributed by atoms with Crippen molar-refractivity contribution in [2.75, 3.05) is 0 Å². The molecule has 0 bridgehead atoms. The third-order valence-electron chi connectivity index (χ3n) is 2.11. The van der Waals surface area contributed by atoms with Gasteiger partial charge in [0.1, 0.15) is 21.7 Å². The molecule has 1 aromatic rings. The number of carbonyl (C=O) groups is 1. The minimum absolute atomic E-state index is 0.156. The van der Waals surface area contributed by atoms with Crippen molar-refractivity contribution in [3.63, 3.8) is 0 Å². The number of aromatic nitrogens is 1. The van der Waals surface area contributed by atoms with Crippen LogP contribution in [0.1, 0.15) is 27.7 Å². The maximum absolute atomic E-state index is 12.1. The summed E-state index contributed by atoms with van der Waals surface area (Å²) in [5.74, 6) is -0.666. The van der Waals surface area contributed by atoms with Crippen molar-refractivity contribution in [1.82, 2.24) is 9.71 Å². The lowest BCUT2D eigenvalue weighted by atomic mass is 10.2. The highest BCUT2D eigenvalue weighted by Crippen LogP contribution is 2.18. The molecular weight excluding hydrogens is 304 g/mol. The molecule has 0 fully saturated rings. The second kappa shape index (κ2) is 6.07.